The van der Waals surface area contributed by atoms with Crippen molar-refractivity contribution in [2.45, 2.75) is 33.7 Å². The first kappa shape index (κ1) is 17.2. The molecule has 0 aliphatic rings. The largest absolute Gasteiger partial charge is 0.491 e. The molecule has 0 unspecified atom stereocenters. The van der Waals surface area contributed by atoms with Crippen molar-refractivity contribution in [3.8, 4) is 5.75 Å². The maximum atomic E-state index is 5.81. The summed E-state index contributed by atoms with van der Waals surface area (Å²) >= 11 is 5.31. The Hall–Kier alpha value is -2.14. The van der Waals surface area contributed by atoms with Crippen LogP contribution in [-0.2, 0) is 0 Å². The average molecular weight is 329 g/mol. The lowest BCUT2D eigenvalue weighted by Gasteiger charge is -2.18. The number of benzene rings is 1. The number of aryl methyl sites for hydroxylation is 3. The van der Waals surface area contributed by atoms with E-state index in [0.29, 0.717) is 11.7 Å². The fraction of sp³-hybridized carbons (Fsp3) is 0.333. The molecule has 0 radical (unpaired) electrons. The molecular weight excluding hydrogens is 306 g/mol. The minimum Gasteiger partial charge on any atom is -0.491 e. The summed E-state index contributed by atoms with van der Waals surface area (Å²) in [5, 5.41) is 6.82. The van der Waals surface area contributed by atoms with E-state index in [1.54, 1.807) is 6.20 Å². The highest BCUT2D eigenvalue weighted by Crippen LogP contribution is 2.16. The SMILES string of the molecule is Cc1ccnc(NC(=S)N[C@H](C)COc2ccc(C)c(C)c2)c1. The van der Waals surface area contributed by atoms with Gasteiger partial charge in [-0.05, 0) is 80.9 Å². The van der Waals surface area contributed by atoms with Gasteiger partial charge in [0.05, 0.1) is 6.04 Å². The topological polar surface area (TPSA) is 46.2 Å². The van der Waals surface area contributed by atoms with Gasteiger partial charge in [-0.3, -0.25) is 0 Å². The van der Waals surface area contributed by atoms with Crippen molar-refractivity contribution in [3.05, 3.63) is 53.2 Å². The first-order valence-electron chi connectivity index (χ1n) is 7.64. The molecule has 1 atom stereocenters. The summed E-state index contributed by atoms with van der Waals surface area (Å²) in [5.41, 5.74) is 3.63. The number of thiocarbonyl (C=S) groups is 1. The number of ether oxygens (including phenoxy) is 1. The molecule has 1 aromatic carbocycles. The van der Waals surface area contributed by atoms with Gasteiger partial charge in [0.2, 0.25) is 0 Å². The highest BCUT2D eigenvalue weighted by Gasteiger charge is 2.07. The maximum absolute atomic E-state index is 5.81. The predicted octanol–water partition coefficient (Wildman–Crippen LogP) is 3.76. The van der Waals surface area contributed by atoms with Crippen LogP contribution in [-0.4, -0.2) is 22.7 Å². The van der Waals surface area contributed by atoms with Gasteiger partial charge in [-0.25, -0.2) is 4.98 Å². The van der Waals surface area contributed by atoms with Crippen LogP contribution in [0.15, 0.2) is 36.5 Å². The normalized spacial score (nSPS) is 11.7. The highest BCUT2D eigenvalue weighted by atomic mass is 32.1. The molecule has 2 rings (SSSR count). The molecule has 0 saturated heterocycles. The van der Waals surface area contributed by atoms with E-state index >= 15 is 0 Å². The van der Waals surface area contributed by atoms with E-state index in [1.807, 2.05) is 32.0 Å². The average Bonchev–Trinajstić information content (AvgIpc) is 2.48. The number of nitrogens with zero attached hydrogens (tertiary/aromatic N) is 1. The number of nitrogens with one attached hydrogen (secondary N) is 2. The van der Waals surface area contributed by atoms with Crippen LogP contribution in [0, 0.1) is 20.8 Å². The van der Waals surface area contributed by atoms with E-state index in [0.717, 1.165) is 17.1 Å². The first-order chi connectivity index (χ1) is 10.9. The summed E-state index contributed by atoms with van der Waals surface area (Å²) in [5.74, 6) is 1.62. The van der Waals surface area contributed by atoms with Crippen molar-refractivity contribution in [1.29, 1.82) is 0 Å². The quantitative estimate of drug-likeness (QED) is 0.818. The second-order valence-corrected chi connectivity index (χ2v) is 6.18. The van der Waals surface area contributed by atoms with E-state index in [4.69, 9.17) is 17.0 Å². The first-order valence-corrected chi connectivity index (χ1v) is 8.05. The zero-order valence-corrected chi connectivity index (χ0v) is 14.8. The molecule has 0 aliphatic carbocycles. The molecule has 2 aromatic rings. The van der Waals surface area contributed by atoms with Gasteiger partial charge in [0, 0.05) is 6.20 Å². The van der Waals surface area contributed by atoms with E-state index in [9.17, 15) is 0 Å². The Morgan fingerprint density at radius 2 is 1.96 bits per heavy atom. The summed E-state index contributed by atoms with van der Waals surface area (Å²) in [6.45, 7) is 8.75. The molecule has 0 amide bonds. The zero-order chi connectivity index (χ0) is 16.8. The van der Waals surface area contributed by atoms with Crippen molar-refractivity contribution in [1.82, 2.24) is 10.3 Å². The number of anilines is 1. The van der Waals surface area contributed by atoms with Crippen molar-refractivity contribution < 1.29 is 4.74 Å². The van der Waals surface area contributed by atoms with Gasteiger partial charge >= 0.3 is 0 Å². The zero-order valence-electron chi connectivity index (χ0n) is 14.0. The van der Waals surface area contributed by atoms with E-state index in [2.05, 4.69) is 41.6 Å². The molecule has 0 spiro atoms. The minimum atomic E-state index is 0.0846. The molecule has 1 aromatic heterocycles. The van der Waals surface area contributed by atoms with Crippen LogP contribution in [0.25, 0.3) is 0 Å². The van der Waals surface area contributed by atoms with Crippen molar-refractivity contribution >= 4 is 23.1 Å². The minimum absolute atomic E-state index is 0.0846. The lowest BCUT2D eigenvalue weighted by atomic mass is 10.1. The fourth-order valence-electron chi connectivity index (χ4n) is 2.05. The Morgan fingerprint density at radius 1 is 1.17 bits per heavy atom. The number of aromatic nitrogens is 1. The van der Waals surface area contributed by atoms with Gasteiger partial charge in [0.15, 0.2) is 5.11 Å². The molecule has 122 valence electrons. The van der Waals surface area contributed by atoms with Crippen molar-refractivity contribution in [2.75, 3.05) is 11.9 Å². The molecule has 0 bridgehead atoms. The standard InChI is InChI=1S/C18H23N3OS/c1-12-7-8-19-17(9-12)21-18(23)20-15(4)11-22-16-6-5-13(2)14(3)10-16/h5-10,15H,11H2,1-4H3,(H2,19,20,21,23)/t15-/m1/s1. The molecule has 5 heteroatoms. The summed E-state index contributed by atoms with van der Waals surface area (Å²) in [6.07, 6.45) is 1.76. The number of rotatable bonds is 5. The Morgan fingerprint density at radius 3 is 2.65 bits per heavy atom. The van der Waals surface area contributed by atoms with E-state index < -0.39 is 0 Å². The van der Waals surface area contributed by atoms with Crippen molar-refractivity contribution in [2.24, 2.45) is 0 Å². The van der Waals surface area contributed by atoms with Crippen LogP contribution in [0.4, 0.5) is 5.82 Å². The second-order valence-electron chi connectivity index (χ2n) is 5.78. The lowest BCUT2D eigenvalue weighted by Crippen LogP contribution is -2.39. The van der Waals surface area contributed by atoms with Crippen LogP contribution >= 0.6 is 12.2 Å². The molecular formula is C18H23N3OS. The number of pyridine rings is 1. The smallest absolute Gasteiger partial charge is 0.172 e. The number of hydrogen-bond acceptors (Lipinski definition) is 3. The van der Waals surface area contributed by atoms with Crippen LogP contribution in [0.1, 0.15) is 23.6 Å². The third-order valence-corrected chi connectivity index (χ3v) is 3.73. The van der Waals surface area contributed by atoms with Gasteiger partial charge in [0.25, 0.3) is 0 Å². The Kier molecular flexibility index (Phi) is 5.93. The van der Waals surface area contributed by atoms with Crippen LogP contribution in [0.2, 0.25) is 0 Å². The third-order valence-electron chi connectivity index (χ3n) is 3.51. The summed E-state index contributed by atoms with van der Waals surface area (Å²) < 4.78 is 5.81. The second kappa shape index (κ2) is 7.92. The van der Waals surface area contributed by atoms with Crippen molar-refractivity contribution in [3.63, 3.8) is 0 Å². The maximum Gasteiger partial charge on any atom is 0.172 e. The number of hydrogen-bond donors (Lipinski definition) is 2. The molecule has 0 saturated carbocycles. The Balaban J connectivity index is 1.80. The lowest BCUT2D eigenvalue weighted by molar-refractivity contribution is 0.287. The molecule has 23 heavy (non-hydrogen) atoms. The monoisotopic (exact) mass is 329 g/mol. The van der Waals surface area contributed by atoms with Crippen LogP contribution in [0.5, 0.6) is 5.75 Å². The molecule has 2 N–H and O–H groups in total. The molecule has 4 nitrogen and oxygen atoms in total. The molecule has 0 aliphatic heterocycles. The molecule has 1 heterocycles. The molecule has 0 fully saturated rings. The van der Waals surface area contributed by atoms with Gasteiger partial charge in [-0.2, -0.15) is 0 Å². The van der Waals surface area contributed by atoms with Gasteiger partial charge in [-0.1, -0.05) is 6.07 Å². The highest BCUT2D eigenvalue weighted by molar-refractivity contribution is 7.80. The van der Waals surface area contributed by atoms with Crippen LogP contribution in [0.3, 0.4) is 0 Å². The van der Waals surface area contributed by atoms with E-state index in [-0.39, 0.29) is 6.04 Å². The summed E-state index contributed by atoms with van der Waals surface area (Å²) in [4.78, 5) is 4.23. The fourth-order valence-corrected chi connectivity index (χ4v) is 2.35. The van der Waals surface area contributed by atoms with Gasteiger partial charge < -0.3 is 15.4 Å². The Labute approximate surface area is 143 Å². The summed E-state index contributed by atoms with van der Waals surface area (Å²) in [7, 11) is 0. The Bertz CT molecular complexity index is 688. The predicted molar refractivity (Wildman–Crippen MR) is 99.2 cm³/mol. The van der Waals surface area contributed by atoms with E-state index in [1.165, 1.54) is 11.1 Å². The van der Waals surface area contributed by atoms with Gasteiger partial charge in [0.1, 0.15) is 18.2 Å². The third kappa shape index (κ3) is 5.53. The summed E-state index contributed by atoms with van der Waals surface area (Å²) in [6, 6.07) is 10.1. The van der Waals surface area contributed by atoms with Crippen LogP contribution < -0.4 is 15.4 Å². The van der Waals surface area contributed by atoms with Gasteiger partial charge in [-0.15, -0.1) is 0 Å².